The average molecular weight is 305 g/mol. The lowest BCUT2D eigenvalue weighted by Gasteiger charge is -2.28. The third-order valence-corrected chi connectivity index (χ3v) is 5.55. The zero-order chi connectivity index (χ0) is 14.9. The number of aliphatic hydroxyl groups excluding tert-OH is 1. The second-order valence-corrected chi connectivity index (χ2v) is 7.30. The van der Waals surface area contributed by atoms with Crippen molar-refractivity contribution in [2.75, 3.05) is 0 Å². The first-order valence-electron chi connectivity index (χ1n) is 7.25. The van der Waals surface area contributed by atoms with E-state index in [-0.39, 0.29) is 10.9 Å². The Morgan fingerprint density at radius 3 is 2.48 bits per heavy atom. The van der Waals surface area contributed by atoms with E-state index in [0.717, 1.165) is 23.6 Å². The first-order chi connectivity index (χ1) is 10.1. The minimum Gasteiger partial charge on any atom is -0.391 e. The van der Waals surface area contributed by atoms with E-state index in [4.69, 9.17) is 0 Å². The molecule has 0 aliphatic heterocycles. The van der Waals surface area contributed by atoms with Gasteiger partial charge in [0.15, 0.2) is 0 Å². The first kappa shape index (κ1) is 14.5. The standard InChI is InChI=1S/C16H19NO3S/c18-16-8-4-3-7-15(16)17-21(19,20)14-10-9-12-5-1-2-6-13(12)11-14/h1-2,5-6,9-11,15-18H,3-4,7-8H2/t15-,16-/m1/s1. The topological polar surface area (TPSA) is 66.4 Å². The molecule has 4 nitrogen and oxygen atoms in total. The first-order valence-corrected chi connectivity index (χ1v) is 8.74. The molecule has 2 aromatic carbocycles. The van der Waals surface area contributed by atoms with Crippen LogP contribution in [0.15, 0.2) is 47.4 Å². The molecule has 0 saturated heterocycles. The van der Waals surface area contributed by atoms with Gasteiger partial charge in [-0.25, -0.2) is 13.1 Å². The molecule has 1 aliphatic rings. The third kappa shape index (κ3) is 3.10. The summed E-state index contributed by atoms with van der Waals surface area (Å²) in [7, 11) is -3.59. The Balaban J connectivity index is 1.88. The van der Waals surface area contributed by atoms with Gasteiger partial charge in [-0.2, -0.15) is 0 Å². The molecule has 112 valence electrons. The van der Waals surface area contributed by atoms with Gasteiger partial charge in [0.25, 0.3) is 0 Å². The van der Waals surface area contributed by atoms with Crippen LogP contribution in [-0.2, 0) is 10.0 Å². The van der Waals surface area contributed by atoms with Gasteiger partial charge >= 0.3 is 0 Å². The van der Waals surface area contributed by atoms with Crippen molar-refractivity contribution in [2.24, 2.45) is 0 Å². The number of aliphatic hydroxyl groups is 1. The number of sulfonamides is 1. The molecule has 2 aromatic rings. The van der Waals surface area contributed by atoms with Gasteiger partial charge in [-0.1, -0.05) is 43.2 Å². The number of rotatable bonds is 3. The van der Waals surface area contributed by atoms with Crippen molar-refractivity contribution in [3.63, 3.8) is 0 Å². The number of hydrogen-bond donors (Lipinski definition) is 2. The van der Waals surface area contributed by atoms with Crippen LogP contribution in [0.25, 0.3) is 10.8 Å². The highest BCUT2D eigenvalue weighted by Crippen LogP contribution is 2.22. The molecule has 0 heterocycles. The van der Waals surface area contributed by atoms with Crippen LogP contribution in [0.4, 0.5) is 0 Å². The maximum Gasteiger partial charge on any atom is 0.240 e. The minimum absolute atomic E-state index is 0.249. The summed E-state index contributed by atoms with van der Waals surface area (Å²) < 4.78 is 27.6. The zero-order valence-corrected chi connectivity index (χ0v) is 12.5. The molecular formula is C16H19NO3S. The van der Waals surface area contributed by atoms with E-state index in [2.05, 4.69) is 4.72 Å². The number of benzene rings is 2. The van der Waals surface area contributed by atoms with E-state index in [0.29, 0.717) is 12.8 Å². The highest BCUT2D eigenvalue weighted by molar-refractivity contribution is 7.89. The molecule has 0 aromatic heterocycles. The Hall–Kier alpha value is -1.43. The summed E-state index contributed by atoms with van der Waals surface area (Å²) in [6.45, 7) is 0. The molecule has 0 unspecified atom stereocenters. The maximum absolute atomic E-state index is 12.5. The number of fused-ring (bicyclic) bond motifs is 1. The number of nitrogens with one attached hydrogen (secondary N) is 1. The van der Waals surface area contributed by atoms with Gasteiger partial charge in [0, 0.05) is 6.04 Å². The fourth-order valence-electron chi connectivity index (χ4n) is 2.85. The molecule has 1 saturated carbocycles. The highest BCUT2D eigenvalue weighted by atomic mass is 32.2. The van der Waals surface area contributed by atoms with Crippen LogP contribution in [0.2, 0.25) is 0 Å². The molecule has 1 fully saturated rings. The van der Waals surface area contributed by atoms with E-state index < -0.39 is 16.1 Å². The van der Waals surface area contributed by atoms with Gasteiger partial charge in [0.1, 0.15) is 0 Å². The zero-order valence-electron chi connectivity index (χ0n) is 11.7. The minimum atomic E-state index is -3.59. The van der Waals surface area contributed by atoms with E-state index in [1.54, 1.807) is 18.2 Å². The maximum atomic E-state index is 12.5. The Labute approximate surface area is 124 Å². The summed E-state index contributed by atoms with van der Waals surface area (Å²) in [6, 6.07) is 12.4. The van der Waals surface area contributed by atoms with Crippen LogP contribution in [0.5, 0.6) is 0 Å². The van der Waals surface area contributed by atoms with Crippen molar-refractivity contribution in [2.45, 2.75) is 42.7 Å². The van der Waals surface area contributed by atoms with Crippen molar-refractivity contribution < 1.29 is 13.5 Å². The van der Waals surface area contributed by atoms with Gasteiger partial charge in [-0.15, -0.1) is 0 Å². The van der Waals surface area contributed by atoms with E-state index >= 15 is 0 Å². The fraction of sp³-hybridized carbons (Fsp3) is 0.375. The Morgan fingerprint density at radius 1 is 1.00 bits per heavy atom. The van der Waals surface area contributed by atoms with Gasteiger partial charge in [-0.3, -0.25) is 0 Å². The van der Waals surface area contributed by atoms with E-state index in [9.17, 15) is 13.5 Å². The van der Waals surface area contributed by atoms with E-state index in [1.807, 2.05) is 24.3 Å². The van der Waals surface area contributed by atoms with Crippen molar-refractivity contribution >= 4 is 20.8 Å². The van der Waals surface area contributed by atoms with Gasteiger partial charge < -0.3 is 5.11 Å². The monoisotopic (exact) mass is 305 g/mol. The molecule has 1 aliphatic carbocycles. The molecule has 3 rings (SSSR count). The average Bonchev–Trinajstić information content (AvgIpc) is 2.49. The molecule has 2 atom stereocenters. The summed E-state index contributed by atoms with van der Waals surface area (Å²) in [5.74, 6) is 0. The summed E-state index contributed by atoms with van der Waals surface area (Å²) in [5, 5.41) is 11.8. The summed E-state index contributed by atoms with van der Waals surface area (Å²) in [5.41, 5.74) is 0. The molecule has 0 amide bonds. The smallest absolute Gasteiger partial charge is 0.240 e. The lowest BCUT2D eigenvalue weighted by atomic mass is 9.93. The summed E-state index contributed by atoms with van der Waals surface area (Å²) in [4.78, 5) is 0.249. The van der Waals surface area contributed by atoms with Gasteiger partial charge in [0.2, 0.25) is 10.0 Å². The Kier molecular flexibility index (Phi) is 3.97. The molecule has 0 bridgehead atoms. The van der Waals surface area contributed by atoms with Gasteiger partial charge in [-0.05, 0) is 35.7 Å². The third-order valence-electron chi connectivity index (χ3n) is 4.07. The molecule has 5 heteroatoms. The van der Waals surface area contributed by atoms with Crippen LogP contribution in [0.3, 0.4) is 0 Å². The van der Waals surface area contributed by atoms with Crippen LogP contribution >= 0.6 is 0 Å². The van der Waals surface area contributed by atoms with Gasteiger partial charge in [0.05, 0.1) is 11.0 Å². The Bertz CT molecular complexity index is 742. The number of hydrogen-bond acceptors (Lipinski definition) is 3. The lowest BCUT2D eigenvalue weighted by molar-refractivity contribution is 0.101. The predicted molar refractivity (Wildman–Crippen MR) is 82.5 cm³/mol. The van der Waals surface area contributed by atoms with Crippen molar-refractivity contribution in [3.05, 3.63) is 42.5 Å². The molecule has 0 radical (unpaired) electrons. The lowest BCUT2D eigenvalue weighted by Crippen LogP contribution is -2.44. The van der Waals surface area contributed by atoms with Crippen molar-refractivity contribution in [3.8, 4) is 0 Å². The fourth-order valence-corrected chi connectivity index (χ4v) is 4.19. The quantitative estimate of drug-likeness (QED) is 0.915. The Morgan fingerprint density at radius 2 is 1.71 bits per heavy atom. The summed E-state index contributed by atoms with van der Waals surface area (Å²) >= 11 is 0. The molecule has 21 heavy (non-hydrogen) atoms. The van der Waals surface area contributed by atoms with Crippen LogP contribution < -0.4 is 4.72 Å². The van der Waals surface area contributed by atoms with Crippen molar-refractivity contribution in [1.29, 1.82) is 0 Å². The van der Waals surface area contributed by atoms with Crippen LogP contribution in [0, 0.1) is 0 Å². The van der Waals surface area contributed by atoms with Crippen LogP contribution in [-0.4, -0.2) is 25.7 Å². The summed E-state index contributed by atoms with van der Waals surface area (Å²) in [6.07, 6.45) is 2.66. The largest absolute Gasteiger partial charge is 0.391 e. The molecular weight excluding hydrogens is 286 g/mol. The second kappa shape index (κ2) is 5.75. The van der Waals surface area contributed by atoms with Crippen LogP contribution in [0.1, 0.15) is 25.7 Å². The molecule has 2 N–H and O–H groups in total. The second-order valence-electron chi connectivity index (χ2n) is 5.59. The highest BCUT2D eigenvalue weighted by Gasteiger charge is 2.28. The van der Waals surface area contributed by atoms with Crippen molar-refractivity contribution in [1.82, 2.24) is 4.72 Å². The molecule has 0 spiro atoms. The SMILES string of the molecule is O=S(=O)(N[C@@H]1CCCC[C@H]1O)c1ccc2ccccc2c1. The normalized spacial score (nSPS) is 23.3. The van der Waals surface area contributed by atoms with E-state index in [1.165, 1.54) is 0 Å². The predicted octanol–water partition coefficient (Wildman–Crippen LogP) is 2.42.